The standard InChI is InChI=1S/C22H15N3O2/c26-25(27)16-11-9-15(10-12-16)22-23-13-14-24(22)21-19-7-3-1-5-17(19)18-6-2-4-8-20(18)21/h1-14,21H. The van der Waals surface area contributed by atoms with Crippen molar-refractivity contribution in [2.75, 3.05) is 0 Å². The Balaban J connectivity index is 1.67. The lowest BCUT2D eigenvalue weighted by Crippen LogP contribution is -2.10. The van der Waals surface area contributed by atoms with E-state index < -0.39 is 0 Å². The Labute approximate surface area is 155 Å². The van der Waals surface area contributed by atoms with Crippen LogP contribution in [0.3, 0.4) is 0 Å². The predicted octanol–water partition coefficient (Wildman–Crippen LogP) is 5.08. The van der Waals surface area contributed by atoms with Crippen LogP contribution in [0.4, 0.5) is 5.69 Å². The Morgan fingerprint density at radius 1 is 0.852 bits per heavy atom. The molecule has 0 spiro atoms. The summed E-state index contributed by atoms with van der Waals surface area (Å²) in [6, 6.07) is 23.4. The first-order valence-electron chi connectivity index (χ1n) is 8.70. The van der Waals surface area contributed by atoms with E-state index in [0.29, 0.717) is 0 Å². The summed E-state index contributed by atoms with van der Waals surface area (Å²) in [4.78, 5) is 15.1. The molecule has 0 saturated carbocycles. The number of nitrogens with zero attached hydrogens (tertiary/aromatic N) is 3. The lowest BCUT2D eigenvalue weighted by atomic mass is 10.0. The molecule has 5 heteroatoms. The fourth-order valence-corrected chi connectivity index (χ4v) is 3.91. The summed E-state index contributed by atoms with van der Waals surface area (Å²) >= 11 is 0. The first kappa shape index (κ1) is 15.5. The van der Waals surface area contributed by atoms with Crippen LogP contribution in [0.25, 0.3) is 22.5 Å². The van der Waals surface area contributed by atoms with Gasteiger partial charge in [-0.05, 0) is 34.4 Å². The zero-order valence-corrected chi connectivity index (χ0v) is 14.3. The summed E-state index contributed by atoms with van der Waals surface area (Å²) < 4.78 is 2.14. The molecule has 0 unspecified atom stereocenters. The first-order valence-corrected chi connectivity index (χ1v) is 8.70. The lowest BCUT2D eigenvalue weighted by Gasteiger charge is -2.18. The highest BCUT2D eigenvalue weighted by atomic mass is 16.6. The molecule has 4 aromatic rings. The van der Waals surface area contributed by atoms with Crippen molar-refractivity contribution >= 4 is 5.69 Å². The summed E-state index contributed by atoms with van der Waals surface area (Å²) in [6.07, 6.45) is 3.75. The van der Waals surface area contributed by atoms with E-state index in [1.165, 1.54) is 34.4 Å². The van der Waals surface area contributed by atoms with Crippen LogP contribution in [-0.4, -0.2) is 14.5 Å². The second-order valence-corrected chi connectivity index (χ2v) is 6.54. The number of hydrogen-bond donors (Lipinski definition) is 0. The summed E-state index contributed by atoms with van der Waals surface area (Å²) in [7, 11) is 0. The molecule has 0 fully saturated rings. The molecule has 27 heavy (non-hydrogen) atoms. The van der Waals surface area contributed by atoms with Gasteiger partial charge in [-0.15, -0.1) is 0 Å². The van der Waals surface area contributed by atoms with Gasteiger partial charge < -0.3 is 4.57 Å². The van der Waals surface area contributed by atoms with E-state index in [2.05, 4.69) is 58.1 Å². The smallest absolute Gasteiger partial charge is 0.269 e. The molecule has 1 aromatic heterocycles. The quantitative estimate of drug-likeness (QED) is 0.336. The van der Waals surface area contributed by atoms with Gasteiger partial charge >= 0.3 is 0 Å². The van der Waals surface area contributed by atoms with Gasteiger partial charge in [-0.2, -0.15) is 0 Å². The van der Waals surface area contributed by atoms with Crippen molar-refractivity contribution in [2.24, 2.45) is 0 Å². The topological polar surface area (TPSA) is 61.0 Å². The Morgan fingerprint density at radius 3 is 2.04 bits per heavy atom. The van der Waals surface area contributed by atoms with Crippen LogP contribution < -0.4 is 0 Å². The van der Waals surface area contributed by atoms with Crippen LogP contribution in [0.2, 0.25) is 0 Å². The summed E-state index contributed by atoms with van der Waals surface area (Å²) in [5.41, 5.74) is 5.88. The number of non-ortho nitro benzene ring substituents is 1. The minimum absolute atomic E-state index is 0.0325. The number of nitro benzene ring substituents is 1. The van der Waals surface area contributed by atoms with E-state index >= 15 is 0 Å². The lowest BCUT2D eigenvalue weighted by molar-refractivity contribution is -0.384. The molecule has 5 nitrogen and oxygen atoms in total. The maximum absolute atomic E-state index is 10.9. The number of aromatic nitrogens is 2. The Morgan fingerprint density at radius 2 is 1.44 bits per heavy atom. The number of nitro groups is 1. The molecule has 3 aromatic carbocycles. The van der Waals surface area contributed by atoms with E-state index in [-0.39, 0.29) is 16.7 Å². The molecule has 0 N–H and O–H groups in total. The normalized spacial score (nSPS) is 12.6. The van der Waals surface area contributed by atoms with E-state index in [1.807, 2.05) is 6.20 Å². The average molecular weight is 353 g/mol. The van der Waals surface area contributed by atoms with Gasteiger partial charge in [0.05, 0.1) is 11.0 Å². The van der Waals surface area contributed by atoms with Crippen LogP contribution in [0.1, 0.15) is 17.2 Å². The van der Waals surface area contributed by atoms with Crippen LogP contribution >= 0.6 is 0 Å². The van der Waals surface area contributed by atoms with E-state index in [4.69, 9.17) is 0 Å². The maximum atomic E-state index is 10.9. The molecule has 0 atom stereocenters. The largest absolute Gasteiger partial charge is 0.319 e. The minimum Gasteiger partial charge on any atom is -0.319 e. The molecule has 1 aliphatic carbocycles. The van der Waals surface area contributed by atoms with Gasteiger partial charge in [-0.1, -0.05) is 48.5 Å². The molecule has 0 radical (unpaired) electrons. The van der Waals surface area contributed by atoms with Crippen molar-refractivity contribution < 1.29 is 4.92 Å². The van der Waals surface area contributed by atoms with E-state index in [0.717, 1.165) is 11.4 Å². The Hall–Kier alpha value is -3.73. The van der Waals surface area contributed by atoms with E-state index in [1.54, 1.807) is 18.3 Å². The third-order valence-corrected chi connectivity index (χ3v) is 5.08. The zero-order chi connectivity index (χ0) is 18.4. The van der Waals surface area contributed by atoms with Gasteiger partial charge in [0.15, 0.2) is 0 Å². The monoisotopic (exact) mass is 353 g/mol. The molecule has 1 aliphatic rings. The highest BCUT2D eigenvalue weighted by Gasteiger charge is 2.30. The van der Waals surface area contributed by atoms with Crippen molar-refractivity contribution in [3.63, 3.8) is 0 Å². The second-order valence-electron chi connectivity index (χ2n) is 6.54. The van der Waals surface area contributed by atoms with Crippen LogP contribution in [0.5, 0.6) is 0 Å². The number of benzene rings is 3. The minimum atomic E-state index is -0.389. The third kappa shape index (κ3) is 2.36. The number of imidazole rings is 1. The van der Waals surface area contributed by atoms with Crippen molar-refractivity contribution in [3.8, 4) is 22.5 Å². The van der Waals surface area contributed by atoms with Gasteiger partial charge in [0.2, 0.25) is 0 Å². The summed E-state index contributed by atoms with van der Waals surface area (Å²) in [5, 5.41) is 10.9. The summed E-state index contributed by atoms with van der Waals surface area (Å²) in [5.74, 6) is 0.793. The Bertz CT molecular complexity index is 1120. The van der Waals surface area contributed by atoms with Gasteiger partial charge in [-0.3, -0.25) is 10.1 Å². The highest BCUT2D eigenvalue weighted by molar-refractivity contribution is 5.79. The molecular weight excluding hydrogens is 338 g/mol. The highest BCUT2D eigenvalue weighted by Crippen LogP contribution is 2.46. The van der Waals surface area contributed by atoms with E-state index in [9.17, 15) is 10.1 Å². The number of hydrogen-bond acceptors (Lipinski definition) is 3. The summed E-state index contributed by atoms with van der Waals surface area (Å²) in [6.45, 7) is 0. The molecule has 130 valence electrons. The van der Waals surface area contributed by atoms with Crippen molar-refractivity contribution in [1.82, 2.24) is 9.55 Å². The molecule has 0 saturated heterocycles. The molecule has 1 heterocycles. The molecule has 0 bridgehead atoms. The van der Waals surface area contributed by atoms with Gasteiger partial charge in [0.25, 0.3) is 5.69 Å². The fourth-order valence-electron chi connectivity index (χ4n) is 3.91. The SMILES string of the molecule is O=[N+]([O-])c1ccc(-c2nccn2C2c3ccccc3-c3ccccc32)cc1. The molecule has 0 aliphatic heterocycles. The zero-order valence-electron chi connectivity index (χ0n) is 14.3. The number of rotatable bonds is 3. The fraction of sp³-hybridized carbons (Fsp3) is 0.0455. The second kappa shape index (κ2) is 5.92. The van der Waals surface area contributed by atoms with Gasteiger partial charge in [0, 0.05) is 30.1 Å². The third-order valence-electron chi connectivity index (χ3n) is 5.08. The van der Waals surface area contributed by atoms with Gasteiger partial charge in [0.1, 0.15) is 5.82 Å². The van der Waals surface area contributed by atoms with Crippen LogP contribution in [0, 0.1) is 10.1 Å². The van der Waals surface area contributed by atoms with Crippen LogP contribution in [-0.2, 0) is 0 Å². The molecule has 0 amide bonds. The number of fused-ring (bicyclic) bond motifs is 3. The molecular formula is C22H15N3O2. The predicted molar refractivity (Wildman–Crippen MR) is 103 cm³/mol. The van der Waals surface area contributed by atoms with Crippen molar-refractivity contribution in [2.45, 2.75) is 6.04 Å². The molecule has 5 rings (SSSR count). The maximum Gasteiger partial charge on any atom is 0.269 e. The van der Waals surface area contributed by atoms with Crippen molar-refractivity contribution in [3.05, 3.63) is 106 Å². The first-order chi connectivity index (χ1) is 13.2. The van der Waals surface area contributed by atoms with Crippen LogP contribution in [0.15, 0.2) is 85.2 Å². The van der Waals surface area contributed by atoms with Crippen molar-refractivity contribution in [1.29, 1.82) is 0 Å². The average Bonchev–Trinajstić information content (AvgIpc) is 3.30. The van der Waals surface area contributed by atoms with Gasteiger partial charge in [-0.25, -0.2) is 4.98 Å². The Kier molecular flexibility index (Phi) is 3.40.